The number of terminal acetylenes is 1. The Labute approximate surface area is 145 Å². The van der Waals surface area contributed by atoms with Crippen molar-refractivity contribution in [3.05, 3.63) is 52.6 Å². The molecule has 0 radical (unpaired) electrons. The number of benzene rings is 1. The first-order valence-electron chi connectivity index (χ1n) is 7.82. The number of carbonyl (C=O) groups is 2. The van der Waals surface area contributed by atoms with Crippen molar-refractivity contribution in [2.45, 2.75) is 32.3 Å². The number of nitrogens with one attached hydrogen (secondary N) is 1. The lowest BCUT2D eigenvalue weighted by molar-refractivity contribution is -0.144. The number of carbonyl (C=O) groups excluding carboxylic acids is 2. The molecule has 2 aliphatic heterocycles. The van der Waals surface area contributed by atoms with Gasteiger partial charge in [-0.05, 0) is 26.8 Å². The van der Waals surface area contributed by atoms with Gasteiger partial charge in [0.15, 0.2) is 0 Å². The number of amides is 1. The molecule has 2 aliphatic rings. The molecule has 3 rings (SSSR count). The van der Waals surface area contributed by atoms with Crippen LogP contribution in [0.25, 0.3) is 0 Å². The van der Waals surface area contributed by atoms with E-state index in [1.165, 1.54) is 0 Å². The zero-order valence-electron chi connectivity index (χ0n) is 14.2. The zero-order chi connectivity index (χ0) is 18.4. The van der Waals surface area contributed by atoms with Crippen molar-refractivity contribution in [3.8, 4) is 12.3 Å². The van der Waals surface area contributed by atoms with E-state index in [2.05, 4.69) is 11.2 Å². The van der Waals surface area contributed by atoms with Crippen LogP contribution in [0.4, 0.5) is 5.69 Å². The summed E-state index contributed by atoms with van der Waals surface area (Å²) in [6, 6.07) is 7.02. The average molecular weight is 338 g/mol. The minimum Gasteiger partial charge on any atom is -0.459 e. The molecule has 1 aromatic carbocycles. The molecule has 1 atom stereocenters. The van der Waals surface area contributed by atoms with Crippen LogP contribution in [-0.4, -0.2) is 18.0 Å². The van der Waals surface area contributed by atoms with Gasteiger partial charge in [0.25, 0.3) is 0 Å². The van der Waals surface area contributed by atoms with Gasteiger partial charge in [-0.25, -0.2) is 4.79 Å². The molecule has 0 unspecified atom stereocenters. The third kappa shape index (κ3) is 2.20. The largest absolute Gasteiger partial charge is 0.459 e. The summed E-state index contributed by atoms with van der Waals surface area (Å²) in [6.45, 7) is 5.01. The van der Waals surface area contributed by atoms with Gasteiger partial charge in [0.1, 0.15) is 16.7 Å². The van der Waals surface area contributed by atoms with Crippen LogP contribution in [0.3, 0.4) is 0 Å². The number of hydrogen-bond acceptors (Lipinski definition) is 5. The molecule has 25 heavy (non-hydrogen) atoms. The Kier molecular flexibility index (Phi) is 3.80. The van der Waals surface area contributed by atoms with Crippen LogP contribution < -0.4 is 11.1 Å². The highest BCUT2D eigenvalue weighted by Crippen LogP contribution is 2.51. The second kappa shape index (κ2) is 5.71. The van der Waals surface area contributed by atoms with E-state index >= 15 is 0 Å². The fourth-order valence-electron chi connectivity index (χ4n) is 3.34. The maximum atomic E-state index is 13.1. The second-order valence-corrected chi connectivity index (χ2v) is 6.12. The molecule has 0 bridgehead atoms. The Morgan fingerprint density at radius 2 is 2.08 bits per heavy atom. The molecule has 6 heteroatoms. The van der Waals surface area contributed by atoms with Crippen molar-refractivity contribution >= 4 is 17.6 Å². The van der Waals surface area contributed by atoms with Gasteiger partial charge in [-0.2, -0.15) is 0 Å². The fourth-order valence-corrected chi connectivity index (χ4v) is 3.34. The maximum Gasteiger partial charge on any atom is 0.339 e. The van der Waals surface area contributed by atoms with E-state index in [4.69, 9.17) is 21.6 Å². The van der Waals surface area contributed by atoms with Gasteiger partial charge >= 0.3 is 5.97 Å². The quantitative estimate of drug-likeness (QED) is 0.635. The number of anilines is 1. The van der Waals surface area contributed by atoms with E-state index in [9.17, 15) is 9.59 Å². The van der Waals surface area contributed by atoms with Crippen molar-refractivity contribution < 1.29 is 19.1 Å². The Bertz CT molecular complexity index is 889. The molecule has 3 N–H and O–H groups in total. The first-order valence-corrected chi connectivity index (χ1v) is 7.82. The molecular weight excluding hydrogens is 320 g/mol. The number of nitrogens with two attached hydrogens (primary N) is 1. The van der Waals surface area contributed by atoms with Gasteiger partial charge in [-0.3, -0.25) is 4.79 Å². The summed E-state index contributed by atoms with van der Waals surface area (Å²) >= 11 is 0. The normalized spacial score (nSPS) is 21.8. The highest BCUT2D eigenvalue weighted by atomic mass is 16.5. The molecule has 0 saturated heterocycles. The number of fused-ring (bicyclic) bond motifs is 2. The standard InChI is InChI=1S/C19H18N2O4/c1-5-12-16(20)25-11(4)15(17(22)24-10(2)3)19(12)13-8-6-7-9-14(13)21-18(19)23/h1,6-10H,20H2,2-4H3,(H,21,23)/t19-/m1/s1. The molecule has 0 aliphatic carbocycles. The number of esters is 1. The topological polar surface area (TPSA) is 90.7 Å². The lowest BCUT2D eigenvalue weighted by Crippen LogP contribution is -2.46. The zero-order valence-corrected chi connectivity index (χ0v) is 14.2. The van der Waals surface area contributed by atoms with Crippen molar-refractivity contribution in [1.29, 1.82) is 0 Å². The molecule has 6 nitrogen and oxygen atoms in total. The SMILES string of the molecule is C#CC1=C(N)OC(C)=C(C(=O)OC(C)C)[C@@]12C(=O)Nc1ccccc12. The summed E-state index contributed by atoms with van der Waals surface area (Å²) in [5.41, 5.74) is 5.67. The number of rotatable bonds is 2. The average Bonchev–Trinajstić information content (AvgIpc) is 2.80. The van der Waals surface area contributed by atoms with Crippen molar-refractivity contribution in [2.75, 3.05) is 5.32 Å². The van der Waals surface area contributed by atoms with Crippen LogP contribution in [0, 0.1) is 12.3 Å². The summed E-state index contributed by atoms with van der Waals surface area (Å²) in [6.07, 6.45) is 5.28. The molecule has 0 fully saturated rings. The summed E-state index contributed by atoms with van der Waals surface area (Å²) < 4.78 is 10.8. The van der Waals surface area contributed by atoms with Gasteiger partial charge in [0, 0.05) is 11.3 Å². The third-order valence-electron chi connectivity index (χ3n) is 4.22. The Morgan fingerprint density at radius 1 is 1.40 bits per heavy atom. The minimum absolute atomic E-state index is 0.0470. The highest BCUT2D eigenvalue weighted by molar-refractivity contribution is 6.17. The molecular formula is C19H18N2O4. The molecule has 2 heterocycles. The van der Waals surface area contributed by atoms with E-state index in [0.717, 1.165) is 0 Å². The van der Waals surface area contributed by atoms with Gasteiger partial charge in [-0.1, -0.05) is 24.1 Å². The Balaban J connectivity index is 2.35. The van der Waals surface area contributed by atoms with Crippen LogP contribution >= 0.6 is 0 Å². The maximum absolute atomic E-state index is 13.1. The first-order chi connectivity index (χ1) is 11.8. The monoisotopic (exact) mass is 338 g/mol. The lowest BCUT2D eigenvalue weighted by atomic mass is 9.68. The number of ether oxygens (including phenoxy) is 2. The summed E-state index contributed by atoms with van der Waals surface area (Å²) in [5.74, 6) is 1.43. The lowest BCUT2D eigenvalue weighted by Gasteiger charge is -2.34. The first kappa shape index (κ1) is 16.7. The summed E-state index contributed by atoms with van der Waals surface area (Å²) in [4.78, 5) is 25.9. The Hall–Kier alpha value is -3.20. The van der Waals surface area contributed by atoms with E-state index < -0.39 is 17.3 Å². The minimum atomic E-state index is -1.55. The molecule has 1 amide bonds. The molecule has 0 aromatic heterocycles. The van der Waals surface area contributed by atoms with Gasteiger partial charge in [-0.15, -0.1) is 6.42 Å². The van der Waals surface area contributed by atoms with Crippen molar-refractivity contribution in [3.63, 3.8) is 0 Å². The van der Waals surface area contributed by atoms with Crippen LogP contribution in [-0.2, 0) is 24.5 Å². The van der Waals surface area contributed by atoms with Crippen LogP contribution in [0.1, 0.15) is 26.3 Å². The van der Waals surface area contributed by atoms with Crippen LogP contribution in [0.5, 0.6) is 0 Å². The molecule has 0 saturated carbocycles. The highest BCUT2D eigenvalue weighted by Gasteiger charge is 2.59. The molecule has 1 aromatic rings. The van der Waals surface area contributed by atoms with E-state index in [1.54, 1.807) is 45.0 Å². The van der Waals surface area contributed by atoms with E-state index in [1.807, 2.05) is 0 Å². The fraction of sp³-hybridized carbons (Fsp3) is 0.263. The van der Waals surface area contributed by atoms with Crippen LogP contribution in [0.15, 0.2) is 47.1 Å². The van der Waals surface area contributed by atoms with E-state index in [-0.39, 0.29) is 28.9 Å². The second-order valence-electron chi connectivity index (χ2n) is 6.12. The van der Waals surface area contributed by atoms with Gasteiger partial charge in [0.2, 0.25) is 11.8 Å². The smallest absolute Gasteiger partial charge is 0.339 e. The molecule has 1 spiro atoms. The predicted molar refractivity (Wildman–Crippen MR) is 91.8 cm³/mol. The van der Waals surface area contributed by atoms with Gasteiger partial charge in [0.05, 0.1) is 11.7 Å². The number of para-hydroxylation sites is 1. The predicted octanol–water partition coefficient (Wildman–Crippen LogP) is 1.94. The third-order valence-corrected chi connectivity index (χ3v) is 4.22. The Morgan fingerprint density at radius 3 is 2.72 bits per heavy atom. The van der Waals surface area contributed by atoms with Crippen LogP contribution in [0.2, 0.25) is 0 Å². The summed E-state index contributed by atoms with van der Waals surface area (Å²) in [7, 11) is 0. The molecule has 128 valence electrons. The number of hydrogen-bond donors (Lipinski definition) is 2. The van der Waals surface area contributed by atoms with Crippen molar-refractivity contribution in [1.82, 2.24) is 0 Å². The van der Waals surface area contributed by atoms with Gasteiger partial charge < -0.3 is 20.5 Å². The van der Waals surface area contributed by atoms with Crippen molar-refractivity contribution in [2.24, 2.45) is 5.73 Å². The number of allylic oxidation sites excluding steroid dienone is 1. The van der Waals surface area contributed by atoms with E-state index in [0.29, 0.717) is 11.3 Å². The summed E-state index contributed by atoms with van der Waals surface area (Å²) in [5, 5.41) is 2.78.